The molecule has 0 saturated carbocycles. The van der Waals surface area contributed by atoms with Crippen LogP contribution in [0.15, 0.2) is 55.1 Å². The van der Waals surface area contributed by atoms with Gasteiger partial charge in [0, 0.05) is 29.9 Å². The zero-order valence-electron chi connectivity index (χ0n) is 15.9. The maximum Gasteiger partial charge on any atom is 0.259 e. The molecule has 2 amide bonds. The first-order valence-corrected chi connectivity index (χ1v) is 9.12. The topological polar surface area (TPSA) is 52.7 Å². The first-order valence-electron chi connectivity index (χ1n) is 9.12. The van der Waals surface area contributed by atoms with Crippen molar-refractivity contribution >= 4 is 17.5 Å². The van der Waals surface area contributed by atoms with Crippen LogP contribution in [0.4, 0.5) is 0 Å². The second-order valence-corrected chi connectivity index (χ2v) is 6.81. The molecule has 1 heterocycles. The number of carbonyl (C=O) groups is 2. The lowest BCUT2D eigenvalue weighted by Crippen LogP contribution is -2.36. The molecule has 3 rings (SSSR count). The first kappa shape index (κ1) is 18.9. The molecule has 5 nitrogen and oxygen atoms in total. The molecule has 0 bridgehead atoms. The van der Waals surface area contributed by atoms with E-state index in [0.29, 0.717) is 17.8 Å². The average molecular weight is 363 g/mol. The van der Waals surface area contributed by atoms with Crippen molar-refractivity contribution in [1.82, 2.24) is 15.1 Å². The Labute approximate surface area is 160 Å². The van der Waals surface area contributed by atoms with Gasteiger partial charge >= 0.3 is 0 Å². The van der Waals surface area contributed by atoms with E-state index in [1.165, 1.54) is 10.5 Å². The summed E-state index contributed by atoms with van der Waals surface area (Å²) in [5.74, 6) is -0.372. The van der Waals surface area contributed by atoms with Crippen molar-refractivity contribution in [3.8, 4) is 0 Å². The van der Waals surface area contributed by atoms with E-state index >= 15 is 0 Å². The van der Waals surface area contributed by atoms with Crippen LogP contribution in [0.1, 0.15) is 34.0 Å². The van der Waals surface area contributed by atoms with E-state index in [0.717, 1.165) is 24.2 Å². The van der Waals surface area contributed by atoms with Crippen LogP contribution in [0, 0.1) is 0 Å². The van der Waals surface area contributed by atoms with Gasteiger partial charge in [-0.25, -0.2) is 0 Å². The van der Waals surface area contributed by atoms with E-state index in [1.807, 2.05) is 30.3 Å². The molecule has 0 aromatic heterocycles. The van der Waals surface area contributed by atoms with Crippen molar-refractivity contribution in [2.45, 2.75) is 20.0 Å². The molecule has 2 aromatic carbocycles. The largest absolute Gasteiger partial charge is 0.350 e. The normalized spacial score (nSPS) is 13.2. The summed E-state index contributed by atoms with van der Waals surface area (Å²) in [6.45, 7) is 8.36. The zero-order valence-corrected chi connectivity index (χ0v) is 15.9. The van der Waals surface area contributed by atoms with Gasteiger partial charge in [-0.2, -0.15) is 0 Å². The van der Waals surface area contributed by atoms with Crippen molar-refractivity contribution in [2.24, 2.45) is 0 Å². The van der Waals surface area contributed by atoms with Crippen molar-refractivity contribution in [1.29, 1.82) is 0 Å². The Morgan fingerprint density at radius 2 is 1.81 bits per heavy atom. The highest BCUT2D eigenvalue weighted by Gasteiger charge is 2.31. The van der Waals surface area contributed by atoms with Crippen molar-refractivity contribution < 1.29 is 9.59 Å². The maximum atomic E-state index is 12.5. The fourth-order valence-corrected chi connectivity index (χ4v) is 3.16. The molecule has 0 unspecified atom stereocenters. The summed E-state index contributed by atoms with van der Waals surface area (Å²) < 4.78 is 0. The lowest BCUT2D eigenvalue weighted by atomic mass is 10.1. The maximum absolute atomic E-state index is 12.5. The Morgan fingerprint density at radius 3 is 2.52 bits per heavy atom. The summed E-state index contributed by atoms with van der Waals surface area (Å²) in [5.41, 5.74) is 4.23. The predicted molar refractivity (Wildman–Crippen MR) is 107 cm³/mol. The Morgan fingerprint density at radius 1 is 1.11 bits per heavy atom. The molecule has 27 heavy (non-hydrogen) atoms. The number of rotatable bonds is 7. The number of nitrogens with zero attached hydrogens (tertiary/aromatic N) is 2. The summed E-state index contributed by atoms with van der Waals surface area (Å²) in [4.78, 5) is 28.5. The summed E-state index contributed by atoms with van der Waals surface area (Å²) in [6, 6.07) is 15.5. The molecule has 140 valence electrons. The third kappa shape index (κ3) is 4.26. The van der Waals surface area contributed by atoms with Crippen molar-refractivity contribution in [3.63, 3.8) is 0 Å². The van der Waals surface area contributed by atoms with Crippen LogP contribution in [0.25, 0.3) is 5.70 Å². The minimum absolute atomic E-state index is 0.0232. The summed E-state index contributed by atoms with van der Waals surface area (Å²) in [6.07, 6.45) is 0. The van der Waals surface area contributed by atoms with Crippen molar-refractivity contribution in [2.75, 3.05) is 20.1 Å². The van der Waals surface area contributed by atoms with Gasteiger partial charge in [0.2, 0.25) is 5.91 Å². The molecule has 0 aliphatic carbocycles. The number of hydrogen-bond donors (Lipinski definition) is 1. The molecule has 0 spiro atoms. The van der Waals surface area contributed by atoms with Crippen molar-refractivity contribution in [3.05, 3.63) is 77.4 Å². The SMILES string of the molecule is C=C1c2ccccc2C(=O)N1CC(=O)NCc1cccc(CN(C)CC)c1. The van der Waals surface area contributed by atoms with Gasteiger partial charge in [0.1, 0.15) is 6.54 Å². The average Bonchev–Trinajstić information content (AvgIpc) is 2.92. The van der Waals surface area contributed by atoms with E-state index in [1.54, 1.807) is 6.07 Å². The fourth-order valence-electron chi connectivity index (χ4n) is 3.16. The van der Waals surface area contributed by atoms with Crippen LogP contribution in [0.2, 0.25) is 0 Å². The molecule has 5 heteroatoms. The molecule has 1 aliphatic rings. The number of hydrogen-bond acceptors (Lipinski definition) is 3. The predicted octanol–water partition coefficient (Wildman–Crippen LogP) is 2.88. The van der Waals surface area contributed by atoms with Gasteiger partial charge in [0.15, 0.2) is 0 Å². The Kier molecular flexibility index (Phi) is 5.72. The lowest BCUT2D eigenvalue weighted by Gasteiger charge is -2.17. The summed E-state index contributed by atoms with van der Waals surface area (Å²) in [5, 5.41) is 2.90. The first-order chi connectivity index (χ1) is 13.0. The van der Waals surface area contributed by atoms with E-state index in [2.05, 4.69) is 42.9 Å². The van der Waals surface area contributed by atoms with Gasteiger partial charge in [-0.3, -0.25) is 14.5 Å². The number of benzene rings is 2. The van der Waals surface area contributed by atoms with E-state index in [9.17, 15) is 9.59 Å². The van der Waals surface area contributed by atoms with E-state index < -0.39 is 0 Å². The third-order valence-corrected chi connectivity index (χ3v) is 4.81. The monoisotopic (exact) mass is 363 g/mol. The molecule has 2 aromatic rings. The molecule has 0 saturated heterocycles. The van der Waals surface area contributed by atoms with Crippen LogP contribution in [0.3, 0.4) is 0 Å². The number of fused-ring (bicyclic) bond motifs is 1. The van der Waals surface area contributed by atoms with Crippen LogP contribution < -0.4 is 5.32 Å². The third-order valence-electron chi connectivity index (χ3n) is 4.81. The minimum atomic E-state index is -0.201. The minimum Gasteiger partial charge on any atom is -0.350 e. The lowest BCUT2D eigenvalue weighted by molar-refractivity contribution is -0.121. The second-order valence-electron chi connectivity index (χ2n) is 6.81. The van der Waals surface area contributed by atoms with E-state index in [4.69, 9.17) is 0 Å². The smallest absolute Gasteiger partial charge is 0.259 e. The molecular formula is C22H25N3O2. The Balaban J connectivity index is 1.57. The van der Waals surface area contributed by atoms with Gasteiger partial charge in [-0.05, 0) is 30.8 Å². The molecule has 1 N–H and O–H groups in total. The molecular weight excluding hydrogens is 338 g/mol. The van der Waals surface area contributed by atoms with Crippen LogP contribution in [0.5, 0.6) is 0 Å². The second kappa shape index (κ2) is 8.18. The highest BCUT2D eigenvalue weighted by molar-refractivity contribution is 6.10. The summed E-state index contributed by atoms with van der Waals surface area (Å²) in [7, 11) is 2.08. The quantitative estimate of drug-likeness (QED) is 0.823. The summed E-state index contributed by atoms with van der Waals surface area (Å²) >= 11 is 0. The molecule has 1 aliphatic heterocycles. The molecule has 0 atom stereocenters. The highest BCUT2D eigenvalue weighted by atomic mass is 16.2. The Bertz CT molecular complexity index is 840. The van der Waals surface area contributed by atoms with Gasteiger partial charge in [-0.1, -0.05) is 56.0 Å². The van der Waals surface area contributed by atoms with Gasteiger partial charge in [0.25, 0.3) is 5.91 Å². The van der Waals surface area contributed by atoms with Gasteiger partial charge < -0.3 is 10.2 Å². The zero-order chi connectivity index (χ0) is 19.4. The van der Waals surface area contributed by atoms with Gasteiger partial charge in [0.05, 0.1) is 0 Å². The fraction of sp³-hybridized carbons (Fsp3) is 0.273. The van der Waals surface area contributed by atoms with Crippen LogP contribution in [-0.4, -0.2) is 41.8 Å². The number of carbonyl (C=O) groups excluding carboxylic acids is 2. The van der Waals surface area contributed by atoms with Crippen LogP contribution >= 0.6 is 0 Å². The molecule has 0 fully saturated rings. The van der Waals surface area contributed by atoms with Crippen LogP contribution in [-0.2, 0) is 17.9 Å². The number of nitrogens with one attached hydrogen (secondary N) is 1. The molecule has 0 radical (unpaired) electrons. The number of amides is 2. The van der Waals surface area contributed by atoms with Gasteiger partial charge in [-0.15, -0.1) is 0 Å². The van der Waals surface area contributed by atoms with E-state index in [-0.39, 0.29) is 18.4 Å². The highest BCUT2D eigenvalue weighted by Crippen LogP contribution is 2.30. The Hall–Kier alpha value is -2.92. The standard InChI is InChI=1S/C22H25N3O2/c1-4-24(3)14-18-9-7-8-17(12-18)13-23-21(26)15-25-16(2)19-10-5-6-11-20(19)22(25)27/h5-12H,2,4,13-15H2,1,3H3,(H,23,26).